The van der Waals surface area contributed by atoms with Gasteiger partial charge in [-0.1, -0.05) is 12.1 Å². The van der Waals surface area contributed by atoms with E-state index in [1.807, 2.05) is 0 Å². The fourth-order valence-electron chi connectivity index (χ4n) is 2.82. The zero-order valence-corrected chi connectivity index (χ0v) is 17.1. The number of rotatable bonds is 4. The number of carbonyl (C=O) groups excluding carboxylic acids is 2. The molecule has 8 nitrogen and oxygen atoms in total. The van der Waals surface area contributed by atoms with Gasteiger partial charge in [0.15, 0.2) is 5.84 Å². The number of hydrazone groups is 1. The number of amidine groups is 2. The fraction of sp³-hybridized carbons (Fsp3) is 0.150. The van der Waals surface area contributed by atoms with Crippen LogP contribution < -0.4 is 0 Å². The summed E-state index contributed by atoms with van der Waals surface area (Å²) in [7, 11) is 0. The second-order valence-electron chi connectivity index (χ2n) is 6.42. The fourth-order valence-corrected chi connectivity index (χ4v) is 3.58. The Morgan fingerprint density at radius 3 is 2.62 bits per heavy atom. The summed E-state index contributed by atoms with van der Waals surface area (Å²) in [5.41, 5.74) is 0.755. The maximum absolute atomic E-state index is 12.9. The summed E-state index contributed by atoms with van der Waals surface area (Å²) >= 11 is 0.181. The number of furan rings is 1. The van der Waals surface area contributed by atoms with Gasteiger partial charge < -0.3 is 9.15 Å². The summed E-state index contributed by atoms with van der Waals surface area (Å²) in [5, 5.41) is 10.6. The third-order valence-corrected chi connectivity index (χ3v) is 5.24. The van der Waals surface area contributed by atoms with Crippen molar-refractivity contribution in [3.8, 4) is 11.3 Å². The van der Waals surface area contributed by atoms with Crippen molar-refractivity contribution in [2.75, 3.05) is 6.61 Å². The third kappa shape index (κ3) is 4.08. The number of aliphatic imine (C=N–C) groups is 1. The van der Waals surface area contributed by atoms with E-state index < -0.39 is 28.9 Å². The Bertz CT molecular complexity index is 1210. The minimum absolute atomic E-state index is 0.181. The van der Waals surface area contributed by atoms with E-state index >= 15 is 0 Å². The number of amides is 1. The number of halogens is 3. The Kier molecular flexibility index (Phi) is 5.46. The van der Waals surface area contributed by atoms with Crippen molar-refractivity contribution in [1.29, 1.82) is 5.41 Å². The lowest BCUT2D eigenvalue weighted by Crippen LogP contribution is -2.35. The number of nitrogens with zero attached hydrogens (tertiary/aromatic N) is 3. The van der Waals surface area contributed by atoms with Crippen LogP contribution in [0.2, 0.25) is 0 Å². The lowest BCUT2D eigenvalue weighted by Gasteiger charge is -2.19. The predicted molar refractivity (Wildman–Crippen MR) is 111 cm³/mol. The molecule has 0 radical (unpaired) electrons. The van der Waals surface area contributed by atoms with Crippen molar-refractivity contribution in [1.82, 2.24) is 5.01 Å². The molecule has 164 valence electrons. The van der Waals surface area contributed by atoms with Gasteiger partial charge in [-0.3, -0.25) is 10.2 Å². The van der Waals surface area contributed by atoms with Gasteiger partial charge >= 0.3 is 12.1 Å². The smallest absolute Gasteiger partial charge is 0.441 e. The topological polar surface area (TPSA) is 108 Å². The van der Waals surface area contributed by atoms with Crippen LogP contribution in [0.1, 0.15) is 23.0 Å². The van der Waals surface area contributed by atoms with Gasteiger partial charge in [-0.25, -0.2) is 4.79 Å². The predicted octanol–water partition coefficient (Wildman–Crippen LogP) is 4.30. The Labute approximate surface area is 182 Å². The zero-order valence-electron chi connectivity index (χ0n) is 16.3. The number of hydrogen-bond acceptors (Lipinski definition) is 7. The lowest BCUT2D eigenvalue weighted by molar-refractivity contribution is -0.114. The number of hydrogen-bond donors (Lipinski definition) is 1. The van der Waals surface area contributed by atoms with E-state index in [4.69, 9.17) is 14.6 Å². The monoisotopic (exact) mass is 462 g/mol. The maximum atomic E-state index is 12.9. The Morgan fingerprint density at radius 2 is 1.97 bits per heavy atom. The van der Waals surface area contributed by atoms with Crippen molar-refractivity contribution < 1.29 is 31.9 Å². The second-order valence-corrected chi connectivity index (χ2v) is 7.38. The summed E-state index contributed by atoms with van der Waals surface area (Å²) in [6.45, 7) is 1.97. The quantitative estimate of drug-likeness (QED) is 0.536. The Morgan fingerprint density at radius 1 is 1.25 bits per heavy atom. The third-order valence-electron chi connectivity index (χ3n) is 4.29. The van der Waals surface area contributed by atoms with Crippen LogP contribution in [0.3, 0.4) is 0 Å². The molecule has 1 aromatic heterocycles. The van der Waals surface area contributed by atoms with Gasteiger partial charge in [0.2, 0.25) is 10.2 Å². The van der Waals surface area contributed by atoms with Gasteiger partial charge in [-0.2, -0.15) is 28.3 Å². The molecule has 0 aliphatic carbocycles. The highest BCUT2D eigenvalue weighted by molar-refractivity contribution is 8.27. The molecular weight excluding hydrogens is 449 g/mol. The van der Waals surface area contributed by atoms with Gasteiger partial charge in [0, 0.05) is 5.56 Å². The van der Waals surface area contributed by atoms with Gasteiger partial charge in [0.05, 0.1) is 17.7 Å². The summed E-state index contributed by atoms with van der Waals surface area (Å²) in [4.78, 5) is 27.6. The number of nitrogens with one attached hydrogen (secondary N) is 1. The van der Waals surface area contributed by atoms with Gasteiger partial charge in [0.25, 0.3) is 5.91 Å². The normalized spacial score (nSPS) is 17.4. The van der Waals surface area contributed by atoms with Gasteiger partial charge in [-0.15, -0.1) is 0 Å². The van der Waals surface area contributed by atoms with Crippen LogP contribution >= 0.6 is 11.8 Å². The summed E-state index contributed by atoms with van der Waals surface area (Å²) < 4.78 is 49.3. The van der Waals surface area contributed by atoms with Crippen molar-refractivity contribution in [3.05, 3.63) is 53.3 Å². The Hall–Kier alpha value is -3.67. The SMILES string of the molecule is CCOC(=O)c1ccc(-c2ccc(/C=C3/C(=N)N4N=C(C(F)(F)F)SC4=NC3=O)o2)cc1. The van der Waals surface area contributed by atoms with Crippen LogP contribution in [0.4, 0.5) is 13.2 Å². The molecule has 2 aromatic rings. The average Bonchev–Trinajstić information content (AvgIpc) is 3.38. The lowest BCUT2D eigenvalue weighted by atomic mass is 10.1. The highest BCUT2D eigenvalue weighted by atomic mass is 32.2. The van der Waals surface area contributed by atoms with Crippen LogP contribution in [-0.4, -0.2) is 45.7 Å². The van der Waals surface area contributed by atoms with E-state index in [9.17, 15) is 22.8 Å². The molecule has 12 heteroatoms. The van der Waals surface area contributed by atoms with Crippen LogP contribution in [0.25, 0.3) is 17.4 Å². The van der Waals surface area contributed by atoms with Crippen LogP contribution in [-0.2, 0) is 9.53 Å². The number of ether oxygens (including phenoxy) is 1. The summed E-state index contributed by atoms with van der Waals surface area (Å²) in [5.74, 6) is -1.25. The largest absolute Gasteiger partial charge is 0.462 e. The number of alkyl halides is 3. The molecule has 0 saturated heterocycles. The van der Waals surface area contributed by atoms with E-state index in [1.54, 1.807) is 37.3 Å². The molecule has 0 saturated carbocycles. The molecule has 0 bridgehead atoms. The highest BCUT2D eigenvalue weighted by Gasteiger charge is 2.46. The van der Waals surface area contributed by atoms with Gasteiger partial charge in [0.1, 0.15) is 11.5 Å². The molecule has 1 N–H and O–H groups in total. The number of thioether (sulfide) groups is 1. The summed E-state index contributed by atoms with van der Waals surface area (Å²) in [6, 6.07) is 9.60. The van der Waals surface area contributed by atoms with E-state index in [2.05, 4.69) is 10.1 Å². The van der Waals surface area contributed by atoms with E-state index in [0.29, 0.717) is 21.9 Å². The molecule has 2 aliphatic rings. The van der Waals surface area contributed by atoms with E-state index in [-0.39, 0.29) is 34.9 Å². The molecule has 1 amide bonds. The number of fused-ring (bicyclic) bond motifs is 1. The van der Waals surface area contributed by atoms with Crippen LogP contribution in [0.15, 0.2) is 56.5 Å². The Balaban J connectivity index is 1.57. The molecular formula is C20H13F3N4O4S. The second kappa shape index (κ2) is 8.11. The van der Waals surface area contributed by atoms with Gasteiger partial charge in [-0.05, 0) is 49.0 Å². The van der Waals surface area contributed by atoms with Crippen LogP contribution in [0, 0.1) is 5.41 Å². The molecule has 0 atom stereocenters. The van der Waals surface area contributed by atoms with Crippen molar-refractivity contribution >= 4 is 45.8 Å². The molecule has 3 heterocycles. The highest BCUT2D eigenvalue weighted by Crippen LogP contribution is 2.35. The zero-order chi connectivity index (χ0) is 23.0. The standard InChI is InChI=1S/C20H13F3N4O4S/c1-2-30-17(29)11-5-3-10(4-6-11)14-8-7-12(31-14)9-13-15(24)27-19(25-16(13)28)32-18(26-27)20(21,22)23/h3-9,24H,2H2,1H3/b13-9-,24-15?. The first-order valence-corrected chi connectivity index (χ1v) is 9.94. The molecule has 4 rings (SSSR count). The molecule has 0 unspecified atom stereocenters. The molecule has 0 fully saturated rings. The number of carbonyl (C=O) groups is 2. The van der Waals surface area contributed by atoms with Crippen molar-refractivity contribution in [2.24, 2.45) is 10.1 Å². The molecule has 32 heavy (non-hydrogen) atoms. The first-order valence-electron chi connectivity index (χ1n) is 9.12. The first-order chi connectivity index (χ1) is 15.2. The van der Waals surface area contributed by atoms with Crippen molar-refractivity contribution in [2.45, 2.75) is 13.1 Å². The number of esters is 1. The van der Waals surface area contributed by atoms with E-state index in [1.165, 1.54) is 12.1 Å². The van der Waals surface area contributed by atoms with E-state index in [0.717, 1.165) is 0 Å². The first kappa shape index (κ1) is 21.6. The van der Waals surface area contributed by atoms with Crippen molar-refractivity contribution in [3.63, 3.8) is 0 Å². The average molecular weight is 462 g/mol. The maximum Gasteiger partial charge on any atom is 0.441 e. The summed E-state index contributed by atoms with van der Waals surface area (Å²) in [6.07, 6.45) is -3.50. The molecule has 0 spiro atoms. The number of benzene rings is 1. The molecule has 2 aliphatic heterocycles. The van der Waals surface area contributed by atoms with Crippen LogP contribution in [0.5, 0.6) is 0 Å². The minimum Gasteiger partial charge on any atom is -0.462 e. The molecule has 1 aromatic carbocycles. The minimum atomic E-state index is -4.71.